The van der Waals surface area contributed by atoms with Crippen LogP contribution in [0.1, 0.15) is 0 Å². The average molecular weight is 138 g/mol. The lowest BCUT2D eigenvalue weighted by molar-refractivity contribution is -1.03. The molecule has 3 radical (unpaired) electrons. The van der Waals surface area contributed by atoms with Crippen LogP contribution < -0.4 is 0 Å². The van der Waals surface area contributed by atoms with E-state index in [1.54, 1.807) is 0 Å². The summed E-state index contributed by atoms with van der Waals surface area (Å²) in [6.07, 6.45) is 0. The van der Waals surface area contributed by atoms with Crippen molar-refractivity contribution in [3.05, 3.63) is 0 Å². The van der Waals surface area contributed by atoms with Gasteiger partial charge in [0.25, 0.3) is 0 Å². The Morgan fingerprint density at radius 3 is 1.60 bits per heavy atom. The van der Waals surface area contributed by atoms with Crippen molar-refractivity contribution in [2.75, 3.05) is 46.3 Å². The van der Waals surface area contributed by atoms with Crippen LogP contribution in [0.4, 0.5) is 0 Å². The van der Waals surface area contributed by atoms with Crippen molar-refractivity contribution in [2.24, 2.45) is 0 Å². The van der Waals surface area contributed by atoms with Crippen molar-refractivity contribution < 1.29 is 8.88 Å². The molecule has 3 heterocycles. The molecule has 0 atom stereocenters. The lowest BCUT2D eigenvalue weighted by atomic mass is 10.0. The summed E-state index contributed by atoms with van der Waals surface area (Å²) in [4.78, 5) is 0. The molecule has 0 aliphatic carbocycles. The summed E-state index contributed by atoms with van der Waals surface area (Å²) < 4.78 is 2.13. The first kappa shape index (κ1) is 6.68. The SMILES string of the molecule is [B-][N+]12CC[N+](C)(CC1)CC2. The molecule has 0 amide bonds. The first-order chi connectivity index (χ1) is 4.62. The quantitative estimate of drug-likeness (QED) is 0.308. The van der Waals surface area contributed by atoms with Gasteiger partial charge in [-0.15, -0.1) is 0 Å². The number of quaternary nitrogens is 2. The lowest BCUT2D eigenvalue weighted by Crippen LogP contribution is -2.72. The average Bonchev–Trinajstić information content (AvgIpc) is 1.93. The maximum absolute atomic E-state index is 6.08. The van der Waals surface area contributed by atoms with Gasteiger partial charge in [-0.1, -0.05) is 0 Å². The van der Waals surface area contributed by atoms with Crippen molar-refractivity contribution >= 4 is 7.98 Å². The van der Waals surface area contributed by atoms with Gasteiger partial charge in [0.05, 0.1) is 26.7 Å². The molecule has 0 aromatic carbocycles. The second kappa shape index (κ2) is 1.77. The number of hydrogen-bond donors (Lipinski definition) is 0. The third-order valence-corrected chi connectivity index (χ3v) is 3.26. The van der Waals surface area contributed by atoms with E-state index in [1.807, 2.05) is 0 Å². The summed E-state index contributed by atoms with van der Waals surface area (Å²) in [7, 11) is 8.43. The van der Waals surface area contributed by atoms with Crippen molar-refractivity contribution in [1.29, 1.82) is 0 Å². The van der Waals surface area contributed by atoms with Crippen molar-refractivity contribution in [2.45, 2.75) is 0 Å². The molecule has 2 bridgehead atoms. The van der Waals surface area contributed by atoms with Gasteiger partial charge in [0, 0.05) is 0 Å². The standard InChI is InChI=1S/C7H15BN2/c1-9-2-5-10(8,6-3-9)7-4-9/h2-7H2,1H3/q+1. The summed E-state index contributed by atoms with van der Waals surface area (Å²) in [5.74, 6) is 0. The number of piperazine rings is 3. The molecule has 0 aromatic rings. The zero-order valence-electron chi connectivity index (χ0n) is 6.71. The van der Waals surface area contributed by atoms with Gasteiger partial charge in [0.2, 0.25) is 0 Å². The fraction of sp³-hybridized carbons (Fsp3) is 1.00. The highest BCUT2D eigenvalue weighted by Crippen LogP contribution is 2.21. The Labute approximate surface area is 64.0 Å². The Bertz CT molecular complexity index is 115. The van der Waals surface area contributed by atoms with Gasteiger partial charge in [-0.2, -0.15) is 0 Å². The van der Waals surface area contributed by atoms with Crippen molar-refractivity contribution in [1.82, 2.24) is 0 Å². The molecule has 3 aliphatic heterocycles. The molecule has 3 rings (SSSR count). The topological polar surface area (TPSA) is 0 Å². The van der Waals surface area contributed by atoms with Gasteiger partial charge in [0.1, 0.15) is 19.6 Å². The number of nitrogens with zero attached hydrogens (tertiary/aromatic N) is 2. The Morgan fingerprint density at radius 2 is 1.30 bits per heavy atom. The van der Waals surface area contributed by atoms with Crippen molar-refractivity contribution in [3.8, 4) is 0 Å². The minimum absolute atomic E-state index is 0.855. The molecular weight excluding hydrogens is 123 g/mol. The smallest absolute Gasteiger partial charge is 0.124 e. The van der Waals surface area contributed by atoms with Crippen LogP contribution in [0.15, 0.2) is 0 Å². The minimum atomic E-state index is 0.855. The molecular formula is C7H15BN2+. The van der Waals surface area contributed by atoms with E-state index in [4.69, 9.17) is 7.98 Å². The Balaban J connectivity index is 2.16. The predicted molar refractivity (Wildman–Crippen MR) is 41.4 cm³/mol. The zero-order chi connectivity index (χ0) is 7.24. The fourth-order valence-corrected chi connectivity index (χ4v) is 1.99. The first-order valence-corrected chi connectivity index (χ1v) is 4.10. The molecule has 10 heavy (non-hydrogen) atoms. The van der Waals surface area contributed by atoms with E-state index in [9.17, 15) is 0 Å². The zero-order valence-corrected chi connectivity index (χ0v) is 6.71. The van der Waals surface area contributed by atoms with Gasteiger partial charge in [-0.3, -0.25) is 0 Å². The van der Waals surface area contributed by atoms with Crippen LogP contribution in [-0.4, -0.2) is 63.2 Å². The molecule has 0 spiro atoms. The van der Waals surface area contributed by atoms with Crippen molar-refractivity contribution in [3.63, 3.8) is 0 Å². The highest BCUT2D eigenvalue weighted by atomic mass is 15.5. The second-order valence-corrected chi connectivity index (χ2v) is 4.18. The molecule has 0 N–H and O–H groups in total. The molecule has 55 valence electrons. The van der Waals surface area contributed by atoms with E-state index in [-0.39, 0.29) is 0 Å². The first-order valence-electron chi connectivity index (χ1n) is 4.10. The Kier molecular flexibility index (Phi) is 1.18. The molecule has 3 saturated heterocycles. The van der Waals surface area contributed by atoms with E-state index < -0.39 is 0 Å². The lowest BCUT2D eigenvalue weighted by Gasteiger charge is -2.61. The number of likely N-dealkylation sites (N-methyl/N-ethyl adjacent to an activating group) is 1. The van der Waals surface area contributed by atoms with E-state index in [1.165, 1.54) is 43.8 Å². The molecule has 0 aromatic heterocycles. The third kappa shape index (κ3) is 0.885. The fourth-order valence-electron chi connectivity index (χ4n) is 1.99. The Morgan fingerprint density at radius 1 is 0.900 bits per heavy atom. The second-order valence-electron chi connectivity index (χ2n) is 4.18. The summed E-state index contributed by atoms with van der Waals surface area (Å²) in [6.45, 7) is 7.44. The van der Waals surface area contributed by atoms with Gasteiger partial charge >= 0.3 is 0 Å². The van der Waals surface area contributed by atoms with Crippen LogP contribution in [0.3, 0.4) is 0 Å². The van der Waals surface area contributed by atoms with Gasteiger partial charge in [0.15, 0.2) is 0 Å². The maximum Gasteiger partial charge on any atom is 0.124 e. The van der Waals surface area contributed by atoms with E-state index in [0.29, 0.717) is 0 Å². The third-order valence-electron chi connectivity index (χ3n) is 3.26. The summed E-state index contributed by atoms with van der Waals surface area (Å²) in [5, 5.41) is 0. The van der Waals surface area contributed by atoms with Gasteiger partial charge in [-0.05, 0) is 0 Å². The monoisotopic (exact) mass is 138 g/mol. The molecule has 0 unspecified atom stereocenters. The summed E-state index contributed by atoms with van der Waals surface area (Å²) in [6, 6.07) is 0. The van der Waals surface area contributed by atoms with Crippen LogP contribution in [-0.2, 0) is 0 Å². The molecule has 3 heteroatoms. The summed E-state index contributed by atoms with van der Waals surface area (Å²) in [5.41, 5.74) is 0. The van der Waals surface area contributed by atoms with Crippen LogP contribution in [0, 0.1) is 0 Å². The molecule has 2 nitrogen and oxygen atoms in total. The van der Waals surface area contributed by atoms with E-state index in [2.05, 4.69) is 7.05 Å². The number of fused-ring (bicyclic) bond motifs is 3. The highest BCUT2D eigenvalue weighted by molar-refractivity contribution is 5.97. The largest absolute Gasteiger partial charge is 0.574 e. The predicted octanol–water partition coefficient (Wildman–Crippen LogP) is -0.639. The summed E-state index contributed by atoms with van der Waals surface area (Å²) >= 11 is 0. The van der Waals surface area contributed by atoms with Crippen LogP contribution in [0.2, 0.25) is 0 Å². The van der Waals surface area contributed by atoms with Crippen LogP contribution in [0.25, 0.3) is 0 Å². The van der Waals surface area contributed by atoms with Crippen LogP contribution >= 0.6 is 0 Å². The van der Waals surface area contributed by atoms with E-state index >= 15 is 0 Å². The maximum atomic E-state index is 6.08. The number of rotatable bonds is 0. The molecule has 3 aliphatic rings. The van der Waals surface area contributed by atoms with E-state index in [0.717, 1.165) is 4.39 Å². The molecule has 0 saturated carbocycles. The molecule has 3 fully saturated rings. The van der Waals surface area contributed by atoms with Crippen LogP contribution in [0.5, 0.6) is 0 Å². The number of hydrogen-bond acceptors (Lipinski definition) is 0. The Hall–Kier alpha value is -0.0151. The highest BCUT2D eigenvalue weighted by Gasteiger charge is 2.37. The van der Waals surface area contributed by atoms with Gasteiger partial charge in [-0.25, -0.2) is 7.98 Å². The normalized spacial score (nSPS) is 53.4. The van der Waals surface area contributed by atoms with Gasteiger partial charge < -0.3 is 8.88 Å². The minimum Gasteiger partial charge on any atom is -0.574 e.